The number of benzene rings is 2. The standard InChI is InChI=1S/C18H16ClNO5.Na/c1-24-15-7-3-11(9-16(15)25-2)4-8-17(21)20-14-10-12(19)5-6-13(14)18(22)23;/h3-10H,1-2H3,(H,20,21)(H,22,23);/q;+1/p-1. The van der Waals surface area contributed by atoms with Gasteiger partial charge >= 0.3 is 29.6 Å². The Bertz CT molecular complexity index is 838. The SMILES string of the molecule is COc1ccc(C=CC(=O)Nc2cc(Cl)ccc2C(=O)[O-])cc1OC.[Na+]. The monoisotopic (exact) mass is 383 g/mol. The Labute approximate surface area is 178 Å². The van der Waals surface area contributed by atoms with Gasteiger partial charge in [0.15, 0.2) is 11.5 Å². The fraction of sp³-hybridized carbons (Fsp3) is 0.111. The van der Waals surface area contributed by atoms with Crippen LogP contribution in [-0.4, -0.2) is 26.1 Å². The van der Waals surface area contributed by atoms with E-state index in [9.17, 15) is 14.7 Å². The first-order chi connectivity index (χ1) is 11.9. The molecule has 0 bridgehead atoms. The minimum absolute atomic E-state index is 0. The van der Waals surface area contributed by atoms with Gasteiger partial charge in [-0.25, -0.2) is 0 Å². The maximum atomic E-state index is 12.0. The number of ether oxygens (including phenoxy) is 2. The molecule has 0 unspecified atom stereocenters. The third-order valence-electron chi connectivity index (χ3n) is 3.29. The number of carboxylic acid groups (broad SMARTS) is 1. The van der Waals surface area contributed by atoms with Crippen LogP contribution >= 0.6 is 11.6 Å². The molecule has 0 radical (unpaired) electrons. The number of carbonyl (C=O) groups is 2. The normalized spacial score (nSPS) is 10.1. The number of anilines is 1. The van der Waals surface area contributed by atoms with E-state index in [4.69, 9.17) is 21.1 Å². The molecule has 0 heterocycles. The summed E-state index contributed by atoms with van der Waals surface area (Å²) in [5.74, 6) is -0.823. The summed E-state index contributed by atoms with van der Waals surface area (Å²) >= 11 is 5.83. The fourth-order valence-corrected chi connectivity index (χ4v) is 2.27. The Hall–Kier alpha value is -1.99. The van der Waals surface area contributed by atoms with Crippen molar-refractivity contribution in [1.29, 1.82) is 0 Å². The van der Waals surface area contributed by atoms with Crippen LogP contribution in [0.15, 0.2) is 42.5 Å². The van der Waals surface area contributed by atoms with Crippen LogP contribution in [0.1, 0.15) is 15.9 Å². The van der Waals surface area contributed by atoms with Crippen molar-refractivity contribution in [2.75, 3.05) is 19.5 Å². The van der Waals surface area contributed by atoms with Gasteiger partial charge in [0.2, 0.25) is 5.91 Å². The number of halogens is 1. The van der Waals surface area contributed by atoms with Gasteiger partial charge in [0, 0.05) is 16.7 Å². The summed E-state index contributed by atoms with van der Waals surface area (Å²) < 4.78 is 10.3. The average Bonchev–Trinajstić information content (AvgIpc) is 2.59. The molecule has 8 heteroatoms. The molecule has 0 saturated carbocycles. The van der Waals surface area contributed by atoms with Crippen LogP contribution in [0.3, 0.4) is 0 Å². The average molecular weight is 384 g/mol. The molecule has 0 saturated heterocycles. The van der Waals surface area contributed by atoms with E-state index in [1.165, 1.54) is 38.5 Å². The molecule has 6 nitrogen and oxygen atoms in total. The number of methoxy groups -OCH3 is 2. The smallest absolute Gasteiger partial charge is 0.545 e. The molecule has 0 spiro atoms. The zero-order chi connectivity index (χ0) is 18.4. The number of hydrogen-bond donors (Lipinski definition) is 1. The van der Waals surface area contributed by atoms with Crippen molar-refractivity contribution in [3.05, 3.63) is 58.6 Å². The van der Waals surface area contributed by atoms with E-state index in [-0.39, 0.29) is 40.8 Å². The Morgan fingerprint density at radius 1 is 1.08 bits per heavy atom. The Morgan fingerprint density at radius 3 is 2.38 bits per heavy atom. The zero-order valence-corrected chi connectivity index (χ0v) is 17.3. The van der Waals surface area contributed by atoms with Crippen molar-refractivity contribution in [3.63, 3.8) is 0 Å². The number of hydrogen-bond acceptors (Lipinski definition) is 5. The quantitative estimate of drug-likeness (QED) is 0.530. The van der Waals surface area contributed by atoms with E-state index in [0.29, 0.717) is 22.1 Å². The van der Waals surface area contributed by atoms with E-state index in [1.54, 1.807) is 24.3 Å². The van der Waals surface area contributed by atoms with E-state index in [2.05, 4.69) is 5.32 Å². The maximum Gasteiger partial charge on any atom is 1.00 e. The minimum Gasteiger partial charge on any atom is -0.545 e. The number of amides is 1. The van der Waals surface area contributed by atoms with E-state index < -0.39 is 11.9 Å². The van der Waals surface area contributed by atoms with Gasteiger partial charge in [0.05, 0.1) is 25.9 Å². The molecular weight excluding hydrogens is 369 g/mol. The molecular formula is C18H15ClNNaO5. The van der Waals surface area contributed by atoms with Crippen molar-refractivity contribution >= 4 is 35.2 Å². The molecule has 0 aliphatic carbocycles. The molecule has 2 aromatic carbocycles. The Balaban J connectivity index is 0.00000338. The largest absolute Gasteiger partial charge is 1.00 e. The van der Waals surface area contributed by atoms with Gasteiger partial charge < -0.3 is 24.7 Å². The van der Waals surface area contributed by atoms with Crippen molar-refractivity contribution in [1.82, 2.24) is 0 Å². The maximum absolute atomic E-state index is 12.0. The van der Waals surface area contributed by atoms with Crippen LogP contribution in [0, 0.1) is 0 Å². The van der Waals surface area contributed by atoms with Crippen molar-refractivity contribution in [2.45, 2.75) is 0 Å². The first-order valence-electron chi connectivity index (χ1n) is 7.16. The second kappa shape index (κ2) is 10.2. The van der Waals surface area contributed by atoms with Gasteiger partial charge in [-0.05, 0) is 42.0 Å². The third-order valence-corrected chi connectivity index (χ3v) is 3.53. The topological polar surface area (TPSA) is 87.7 Å². The molecule has 1 amide bonds. The predicted octanol–water partition coefficient (Wildman–Crippen LogP) is -0.623. The Kier molecular flexibility index (Phi) is 8.68. The van der Waals surface area contributed by atoms with Gasteiger partial charge in [-0.15, -0.1) is 0 Å². The summed E-state index contributed by atoms with van der Waals surface area (Å²) in [7, 11) is 3.04. The summed E-state index contributed by atoms with van der Waals surface area (Å²) in [6.45, 7) is 0. The number of carboxylic acids is 1. The minimum atomic E-state index is -1.41. The molecule has 2 rings (SSSR count). The van der Waals surface area contributed by atoms with Crippen LogP contribution in [0.5, 0.6) is 11.5 Å². The van der Waals surface area contributed by atoms with Crippen molar-refractivity contribution in [2.24, 2.45) is 0 Å². The third kappa shape index (κ3) is 5.78. The van der Waals surface area contributed by atoms with E-state index in [1.807, 2.05) is 0 Å². The predicted molar refractivity (Wildman–Crippen MR) is 93.0 cm³/mol. The molecule has 1 N–H and O–H groups in total. The van der Waals surface area contributed by atoms with Crippen LogP contribution in [0.4, 0.5) is 5.69 Å². The number of carbonyl (C=O) groups excluding carboxylic acids is 2. The first-order valence-corrected chi connectivity index (χ1v) is 7.54. The van der Waals surface area contributed by atoms with Gasteiger partial charge in [-0.3, -0.25) is 4.79 Å². The number of rotatable bonds is 6. The van der Waals surface area contributed by atoms with Gasteiger partial charge in [-0.1, -0.05) is 17.7 Å². The van der Waals surface area contributed by atoms with Crippen LogP contribution in [0.2, 0.25) is 5.02 Å². The van der Waals surface area contributed by atoms with E-state index in [0.717, 1.165) is 0 Å². The number of aromatic carboxylic acids is 1. The van der Waals surface area contributed by atoms with Crippen molar-refractivity contribution in [3.8, 4) is 11.5 Å². The molecule has 0 aliphatic heterocycles. The van der Waals surface area contributed by atoms with Gasteiger partial charge in [0.25, 0.3) is 0 Å². The van der Waals surface area contributed by atoms with E-state index >= 15 is 0 Å². The second-order valence-corrected chi connectivity index (χ2v) is 5.35. The molecule has 2 aromatic rings. The summed E-state index contributed by atoms with van der Waals surface area (Å²) in [5.41, 5.74) is 0.616. The summed E-state index contributed by atoms with van der Waals surface area (Å²) in [4.78, 5) is 23.1. The molecule has 130 valence electrons. The first kappa shape index (κ1) is 22.1. The summed E-state index contributed by atoms with van der Waals surface area (Å²) in [5, 5.41) is 13.8. The summed E-state index contributed by atoms with van der Waals surface area (Å²) in [6, 6.07) is 9.18. The van der Waals surface area contributed by atoms with Crippen molar-refractivity contribution < 1.29 is 53.7 Å². The molecule has 0 fully saturated rings. The molecule has 26 heavy (non-hydrogen) atoms. The number of nitrogens with one attached hydrogen (secondary N) is 1. The molecule has 0 atom stereocenters. The van der Waals surface area contributed by atoms with Crippen LogP contribution in [-0.2, 0) is 4.79 Å². The van der Waals surface area contributed by atoms with Crippen LogP contribution in [0.25, 0.3) is 6.08 Å². The fourth-order valence-electron chi connectivity index (χ4n) is 2.10. The Morgan fingerprint density at radius 2 is 1.77 bits per heavy atom. The summed E-state index contributed by atoms with van der Waals surface area (Å²) in [6.07, 6.45) is 2.82. The van der Waals surface area contributed by atoms with Gasteiger partial charge in [0.1, 0.15) is 0 Å². The zero-order valence-electron chi connectivity index (χ0n) is 14.5. The second-order valence-electron chi connectivity index (χ2n) is 4.91. The molecule has 0 aromatic heterocycles. The van der Waals surface area contributed by atoms with Gasteiger partial charge in [-0.2, -0.15) is 0 Å². The van der Waals surface area contributed by atoms with Crippen LogP contribution < -0.4 is 49.5 Å². The molecule has 0 aliphatic rings.